The van der Waals surface area contributed by atoms with Gasteiger partial charge >= 0.3 is 0 Å². The van der Waals surface area contributed by atoms with E-state index in [0.29, 0.717) is 42.4 Å². The fourth-order valence-corrected chi connectivity index (χ4v) is 3.19. The van der Waals surface area contributed by atoms with Crippen LogP contribution in [0.2, 0.25) is 0 Å². The molecule has 1 aromatic rings. The van der Waals surface area contributed by atoms with E-state index in [1.807, 2.05) is 32.6 Å². The number of nitrogens with one attached hydrogen (secondary N) is 1. The monoisotopic (exact) mass is 335 g/mol. The van der Waals surface area contributed by atoms with Crippen LogP contribution in [0.25, 0.3) is 0 Å². The third kappa shape index (κ3) is 4.36. The van der Waals surface area contributed by atoms with E-state index in [2.05, 4.69) is 10.5 Å². The van der Waals surface area contributed by atoms with Crippen LogP contribution in [0.1, 0.15) is 74.2 Å². The highest BCUT2D eigenvalue weighted by molar-refractivity contribution is 5.96. The van der Waals surface area contributed by atoms with Crippen LogP contribution in [0.15, 0.2) is 4.52 Å². The van der Waals surface area contributed by atoms with Gasteiger partial charge in [-0.25, -0.2) is 0 Å². The minimum absolute atomic E-state index is 0.00188. The van der Waals surface area contributed by atoms with Crippen LogP contribution in [-0.2, 0) is 4.79 Å². The summed E-state index contributed by atoms with van der Waals surface area (Å²) in [6, 6.07) is 0. The number of hydrogen-bond donors (Lipinski definition) is 1. The van der Waals surface area contributed by atoms with Gasteiger partial charge in [-0.1, -0.05) is 25.9 Å². The van der Waals surface area contributed by atoms with Gasteiger partial charge in [-0.3, -0.25) is 9.59 Å². The molecule has 1 unspecified atom stereocenters. The van der Waals surface area contributed by atoms with Gasteiger partial charge in [-0.15, -0.1) is 0 Å². The second-order valence-corrected chi connectivity index (χ2v) is 6.98. The van der Waals surface area contributed by atoms with E-state index < -0.39 is 0 Å². The summed E-state index contributed by atoms with van der Waals surface area (Å²) in [6.07, 6.45) is 3.41. The molecule has 6 heteroatoms. The van der Waals surface area contributed by atoms with Gasteiger partial charge < -0.3 is 14.7 Å². The Hall–Kier alpha value is -1.85. The number of aryl methyl sites for hydroxylation is 1. The molecule has 1 atom stereocenters. The summed E-state index contributed by atoms with van der Waals surface area (Å²) in [5.74, 6) is 1.20. The smallest absolute Gasteiger partial charge is 0.259 e. The van der Waals surface area contributed by atoms with Gasteiger partial charge in [0.2, 0.25) is 5.91 Å². The molecule has 0 radical (unpaired) electrons. The van der Waals surface area contributed by atoms with Gasteiger partial charge in [0, 0.05) is 32.0 Å². The number of amides is 2. The maximum absolute atomic E-state index is 12.9. The Labute approximate surface area is 143 Å². The zero-order valence-corrected chi connectivity index (χ0v) is 15.2. The van der Waals surface area contributed by atoms with Gasteiger partial charge in [0.05, 0.1) is 5.69 Å². The minimum atomic E-state index is 0.00188. The van der Waals surface area contributed by atoms with Crippen LogP contribution >= 0.6 is 0 Å². The molecular weight excluding hydrogens is 306 g/mol. The molecule has 6 nitrogen and oxygen atoms in total. The average Bonchev–Trinajstić information content (AvgIpc) is 2.95. The molecule has 0 saturated carbocycles. The summed E-state index contributed by atoms with van der Waals surface area (Å²) in [6.45, 7) is 9.87. The van der Waals surface area contributed by atoms with Gasteiger partial charge in [-0.2, -0.15) is 0 Å². The van der Waals surface area contributed by atoms with Crippen molar-refractivity contribution >= 4 is 11.8 Å². The van der Waals surface area contributed by atoms with Gasteiger partial charge in [0.15, 0.2) is 5.76 Å². The molecule has 0 aromatic carbocycles. The lowest BCUT2D eigenvalue weighted by atomic mass is 9.96. The molecule has 2 amide bonds. The summed E-state index contributed by atoms with van der Waals surface area (Å²) in [7, 11) is 0. The summed E-state index contributed by atoms with van der Waals surface area (Å²) in [4.78, 5) is 26.5. The number of aromatic nitrogens is 1. The third-order valence-corrected chi connectivity index (χ3v) is 4.50. The van der Waals surface area contributed by atoms with Crippen LogP contribution in [0.5, 0.6) is 0 Å². The first-order valence-electron chi connectivity index (χ1n) is 8.96. The maximum Gasteiger partial charge on any atom is 0.259 e. The van der Waals surface area contributed by atoms with Crippen LogP contribution in [-0.4, -0.2) is 41.5 Å². The Morgan fingerprint density at radius 1 is 1.42 bits per heavy atom. The van der Waals surface area contributed by atoms with Crippen molar-refractivity contribution in [2.24, 2.45) is 5.92 Å². The highest BCUT2D eigenvalue weighted by Crippen LogP contribution is 2.26. The zero-order chi connectivity index (χ0) is 17.7. The lowest BCUT2D eigenvalue weighted by Gasteiger charge is -2.33. The van der Waals surface area contributed by atoms with E-state index in [4.69, 9.17) is 4.52 Å². The second kappa shape index (κ2) is 8.31. The Morgan fingerprint density at radius 2 is 2.17 bits per heavy atom. The van der Waals surface area contributed by atoms with Crippen molar-refractivity contribution in [2.75, 3.05) is 19.6 Å². The predicted octanol–water partition coefficient (Wildman–Crippen LogP) is 2.87. The third-order valence-electron chi connectivity index (χ3n) is 4.50. The Kier molecular flexibility index (Phi) is 6.40. The van der Waals surface area contributed by atoms with Crippen molar-refractivity contribution in [2.45, 2.75) is 59.3 Å². The van der Waals surface area contributed by atoms with Crippen molar-refractivity contribution in [1.82, 2.24) is 15.4 Å². The van der Waals surface area contributed by atoms with E-state index in [-0.39, 0.29) is 17.7 Å². The van der Waals surface area contributed by atoms with E-state index in [9.17, 15) is 9.59 Å². The summed E-state index contributed by atoms with van der Waals surface area (Å²) in [5.41, 5.74) is 1.27. The fraction of sp³-hybridized carbons (Fsp3) is 0.722. The highest BCUT2D eigenvalue weighted by atomic mass is 16.5. The summed E-state index contributed by atoms with van der Waals surface area (Å²) >= 11 is 0. The normalized spacial score (nSPS) is 18.0. The minimum Gasteiger partial charge on any atom is -0.360 e. The van der Waals surface area contributed by atoms with Gasteiger partial charge in [-0.05, 0) is 32.1 Å². The maximum atomic E-state index is 12.9. The zero-order valence-electron chi connectivity index (χ0n) is 15.2. The largest absolute Gasteiger partial charge is 0.360 e. The molecular formula is C18H29N3O3. The summed E-state index contributed by atoms with van der Waals surface area (Å²) in [5, 5.41) is 6.95. The molecule has 0 bridgehead atoms. The van der Waals surface area contributed by atoms with E-state index in [1.54, 1.807) is 0 Å². The predicted molar refractivity (Wildman–Crippen MR) is 91.9 cm³/mol. The number of hydrogen-bond acceptors (Lipinski definition) is 4. The van der Waals surface area contributed by atoms with Crippen molar-refractivity contribution < 1.29 is 14.1 Å². The Balaban J connectivity index is 2.00. The molecule has 134 valence electrons. The molecule has 2 heterocycles. The Morgan fingerprint density at radius 3 is 2.83 bits per heavy atom. The molecule has 1 fully saturated rings. The van der Waals surface area contributed by atoms with Crippen LogP contribution in [0.4, 0.5) is 0 Å². The van der Waals surface area contributed by atoms with Crippen molar-refractivity contribution in [3.63, 3.8) is 0 Å². The fourth-order valence-electron chi connectivity index (χ4n) is 3.19. The molecule has 0 aliphatic carbocycles. The Bertz CT molecular complexity index is 580. The molecule has 1 aliphatic heterocycles. The van der Waals surface area contributed by atoms with Crippen LogP contribution in [0.3, 0.4) is 0 Å². The number of likely N-dealkylation sites (tertiary alicyclic amines) is 1. The van der Waals surface area contributed by atoms with E-state index in [1.165, 1.54) is 0 Å². The first-order valence-corrected chi connectivity index (χ1v) is 8.96. The first-order chi connectivity index (χ1) is 11.4. The molecule has 1 saturated heterocycles. The van der Waals surface area contributed by atoms with Gasteiger partial charge in [0.1, 0.15) is 5.56 Å². The number of nitrogens with zero attached hydrogens (tertiary/aromatic N) is 2. The lowest BCUT2D eigenvalue weighted by molar-refractivity contribution is -0.121. The quantitative estimate of drug-likeness (QED) is 0.867. The van der Waals surface area contributed by atoms with Crippen molar-refractivity contribution in [3.05, 3.63) is 17.0 Å². The SMILES string of the molecule is CCCC(=O)NCC1CCCN(C(=O)c2c(C)noc2C(C)C)C1. The molecule has 1 N–H and O–H groups in total. The standard InChI is InChI=1S/C18H29N3O3/c1-5-7-15(22)19-10-14-8-6-9-21(11-14)18(23)16-13(4)20-24-17(16)12(2)3/h12,14H,5-11H2,1-4H3,(H,19,22). The number of carbonyl (C=O) groups excluding carboxylic acids is 2. The second-order valence-electron chi connectivity index (χ2n) is 6.98. The molecule has 2 rings (SSSR count). The van der Waals surface area contributed by atoms with E-state index in [0.717, 1.165) is 25.8 Å². The average molecular weight is 335 g/mol. The summed E-state index contributed by atoms with van der Waals surface area (Å²) < 4.78 is 5.35. The molecule has 0 spiro atoms. The highest BCUT2D eigenvalue weighted by Gasteiger charge is 2.30. The number of piperidine rings is 1. The first kappa shape index (κ1) is 18.5. The number of carbonyl (C=O) groups is 2. The molecule has 1 aromatic heterocycles. The molecule has 24 heavy (non-hydrogen) atoms. The van der Waals surface area contributed by atoms with Crippen molar-refractivity contribution in [1.29, 1.82) is 0 Å². The van der Waals surface area contributed by atoms with E-state index >= 15 is 0 Å². The topological polar surface area (TPSA) is 75.4 Å². The van der Waals surface area contributed by atoms with Crippen LogP contribution in [0, 0.1) is 12.8 Å². The lowest BCUT2D eigenvalue weighted by Crippen LogP contribution is -2.44. The van der Waals surface area contributed by atoms with Gasteiger partial charge in [0.25, 0.3) is 5.91 Å². The molecule has 1 aliphatic rings. The van der Waals surface area contributed by atoms with Crippen LogP contribution < -0.4 is 5.32 Å². The number of rotatable bonds is 6. The van der Waals surface area contributed by atoms with Crippen molar-refractivity contribution in [3.8, 4) is 0 Å².